The molecule has 0 amide bonds. The van der Waals surface area contributed by atoms with Crippen molar-refractivity contribution in [3.8, 4) is 10.6 Å². The number of hydrogen-bond donors (Lipinski definition) is 0. The van der Waals surface area contributed by atoms with Gasteiger partial charge in [-0.3, -0.25) is 0 Å². The van der Waals surface area contributed by atoms with Gasteiger partial charge in [-0.1, -0.05) is 48.5 Å². The molecule has 0 atom stereocenters. The topological polar surface area (TPSA) is 43.6 Å². The van der Waals surface area contributed by atoms with Gasteiger partial charge < -0.3 is 4.57 Å². The molecule has 0 aliphatic heterocycles. The van der Waals surface area contributed by atoms with Gasteiger partial charge >= 0.3 is 0 Å². The van der Waals surface area contributed by atoms with E-state index in [0.717, 1.165) is 40.4 Å². The van der Waals surface area contributed by atoms with E-state index in [4.69, 9.17) is 4.98 Å². The Labute approximate surface area is 145 Å². The fourth-order valence-corrected chi connectivity index (χ4v) is 4.19. The van der Waals surface area contributed by atoms with Gasteiger partial charge in [0, 0.05) is 29.7 Å². The summed E-state index contributed by atoms with van der Waals surface area (Å²) in [6, 6.07) is 8.51. The Kier molecular flexibility index (Phi) is 5.13. The molecule has 0 spiro atoms. The largest absolute Gasteiger partial charge is 0.306 e. The van der Waals surface area contributed by atoms with Crippen LogP contribution in [0.15, 0.2) is 34.8 Å². The van der Waals surface area contributed by atoms with Gasteiger partial charge in [-0.15, -0.1) is 21.5 Å². The van der Waals surface area contributed by atoms with E-state index in [9.17, 15) is 0 Å². The third-order valence-corrected chi connectivity index (χ3v) is 5.57. The zero-order valence-electron chi connectivity index (χ0n) is 13.6. The molecule has 0 aliphatic rings. The van der Waals surface area contributed by atoms with Crippen LogP contribution < -0.4 is 0 Å². The predicted molar refractivity (Wildman–Crippen MR) is 96.9 cm³/mol. The first kappa shape index (κ1) is 16.2. The van der Waals surface area contributed by atoms with Gasteiger partial charge in [0.2, 0.25) is 0 Å². The molecule has 1 aromatic carbocycles. The molecule has 0 radical (unpaired) electrons. The SMILES string of the molecule is CCc1nnc(SCc2csc(-c3ccc(C)cc3)n2)n1CC. The molecule has 23 heavy (non-hydrogen) atoms. The first-order chi connectivity index (χ1) is 11.2. The number of thiazole rings is 1. The lowest BCUT2D eigenvalue weighted by Gasteiger charge is -2.04. The van der Waals surface area contributed by atoms with Gasteiger partial charge in [-0.2, -0.15) is 0 Å². The van der Waals surface area contributed by atoms with Crippen LogP contribution >= 0.6 is 23.1 Å². The predicted octanol–water partition coefficient (Wildman–Crippen LogP) is 4.58. The average Bonchev–Trinajstić information content (AvgIpc) is 3.19. The number of nitrogens with zero attached hydrogens (tertiary/aromatic N) is 4. The number of aromatic nitrogens is 4. The molecule has 4 nitrogen and oxygen atoms in total. The quantitative estimate of drug-likeness (QED) is 0.614. The molecule has 120 valence electrons. The van der Waals surface area contributed by atoms with Gasteiger partial charge in [-0.25, -0.2) is 4.98 Å². The van der Waals surface area contributed by atoms with E-state index in [0.29, 0.717) is 0 Å². The zero-order chi connectivity index (χ0) is 16.2. The zero-order valence-corrected chi connectivity index (χ0v) is 15.2. The molecule has 0 aliphatic carbocycles. The minimum atomic E-state index is 0.824. The first-order valence-corrected chi connectivity index (χ1v) is 9.64. The molecule has 0 N–H and O–H groups in total. The first-order valence-electron chi connectivity index (χ1n) is 7.77. The lowest BCUT2D eigenvalue weighted by atomic mass is 10.2. The maximum Gasteiger partial charge on any atom is 0.191 e. The van der Waals surface area contributed by atoms with Gasteiger partial charge in [0.05, 0.1) is 5.69 Å². The van der Waals surface area contributed by atoms with Crippen molar-refractivity contribution in [2.75, 3.05) is 0 Å². The van der Waals surface area contributed by atoms with E-state index in [1.54, 1.807) is 23.1 Å². The van der Waals surface area contributed by atoms with Crippen molar-refractivity contribution in [1.29, 1.82) is 0 Å². The molecule has 0 bridgehead atoms. The Bertz CT molecular complexity index is 774. The number of aryl methyl sites for hydroxylation is 2. The summed E-state index contributed by atoms with van der Waals surface area (Å²) in [5, 5.41) is 12.7. The van der Waals surface area contributed by atoms with Crippen LogP contribution in [0.1, 0.15) is 30.9 Å². The minimum absolute atomic E-state index is 0.824. The maximum atomic E-state index is 4.75. The minimum Gasteiger partial charge on any atom is -0.306 e. The second-order valence-corrected chi connectivity index (χ2v) is 7.10. The standard InChI is InChI=1S/C17H20N4S2/c1-4-15-19-20-17(21(15)5-2)23-11-14-10-22-16(18-14)13-8-6-12(3)7-9-13/h6-10H,4-5,11H2,1-3H3. The van der Waals surface area contributed by atoms with Crippen molar-refractivity contribution in [2.45, 2.75) is 44.6 Å². The number of benzene rings is 1. The highest BCUT2D eigenvalue weighted by Crippen LogP contribution is 2.27. The maximum absolute atomic E-state index is 4.75. The molecule has 0 fully saturated rings. The Morgan fingerprint density at radius 1 is 1.13 bits per heavy atom. The van der Waals surface area contributed by atoms with Crippen LogP contribution in [-0.2, 0) is 18.7 Å². The van der Waals surface area contributed by atoms with Gasteiger partial charge in [0.25, 0.3) is 0 Å². The summed E-state index contributed by atoms with van der Waals surface area (Å²) in [4.78, 5) is 4.75. The second kappa shape index (κ2) is 7.27. The van der Waals surface area contributed by atoms with E-state index >= 15 is 0 Å². The van der Waals surface area contributed by atoms with Crippen LogP contribution in [0.25, 0.3) is 10.6 Å². The van der Waals surface area contributed by atoms with Crippen molar-refractivity contribution < 1.29 is 0 Å². The van der Waals surface area contributed by atoms with Crippen LogP contribution in [0.5, 0.6) is 0 Å². The Morgan fingerprint density at radius 3 is 2.61 bits per heavy atom. The van der Waals surface area contributed by atoms with Crippen LogP contribution in [0.3, 0.4) is 0 Å². The molecular formula is C17H20N4S2. The number of rotatable bonds is 6. The van der Waals surface area contributed by atoms with Crippen molar-refractivity contribution >= 4 is 23.1 Å². The third kappa shape index (κ3) is 3.64. The van der Waals surface area contributed by atoms with E-state index in [2.05, 4.69) is 65.2 Å². The fourth-order valence-electron chi connectivity index (χ4n) is 2.35. The van der Waals surface area contributed by atoms with Crippen molar-refractivity contribution in [3.05, 3.63) is 46.7 Å². The molecule has 0 unspecified atom stereocenters. The van der Waals surface area contributed by atoms with Crippen LogP contribution in [0.2, 0.25) is 0 Å². The Hall–Kier alpha value is -1.66. The number of hydrogen-bond acceptors (Lipinski definition) is 5. The smallest absolute Gasteiger partial charge is 0.191 e. The summed E-state index contributed by atoms with van der Waals surface area (Å²) in [6.07, 6.45) is 0.912. The summed E-state index contributed by atoms with van der Waals surface area (Å²) in [5.41, 5.74) is 3.55. The lowest BCUT2D eigenvalue weighted by Crippen LogP contribution is -2.02. The van der Waals surface area contributed by atoms with E-state index in [1.165, 1.54) is 11.1 Å². The fraction of sp³-hybridized carbons (Fsp3) is 0.353. The van der Waals surface area contributed by atoms with Gasteiger partial charge in [0.1, 0.15) is 10.8 Å². The summed E-state index contributed by atoms with van der Waals surface area (Å²) >= 11 is 3.40. The van der Waals surface area contributed by atoms with Crippen molar-refractivity contribution in [1.82, 2.24) is 19.7 Å². The van der Waals surface area contributed by atoms with Gasteiger partial charge in [0.15, 0.2) is 5.16 Å². The van der Waals surface area contributed by atoms with Crippen molar-refractivity contribution in [3.63, 3.8) is 0 Å². The summed E-state index contributed by atoms with van der Waals surface area (Å²) in [6.45, 7) is 7.25. The summed E-state index contributed by atoms with van der Waals surface area (Å²) < 4.78 is 2.18. The third-order valence-electron chi connectivity index (χ3n) is 3.63. The molecule has 2 heterocycles. The van der Waals surface area contributed by atoms with E-state index in [1.807, 2.05) is 0 Å². The van der Waals surface area contributed by atoms with E-state index < -0.39 is 0 Å². The second-order valence-electron chi connectivity index (χ2n) is 5.30. The lowest BCUT2D eigenvalue weighted by molar-refractivity contribution is 0.647. The monoisotopic (exact) mass is 344 g/mol. The Balaban J connectivity index is 1.70. The molecule has 0 saturated carbocycles. The normalized spacial score (nSPS) is 11.1. The highest BCUT2D eigenvalue weighted by molar-refractivity contribution is 7.98. The Morgan fingerprint density at radius 2 is 1.91 bits per heavy atom. The summed E-state index contributed by atoms with van der Waals surface area (Å²) in [5.74, 6) is 1.87. The van der Waals surface area contributed by atoms with Crippen molar-refractivity contribution in [2.24, 2.45) is 0 Å². The highest BCUT2D eigenvalue weighted by Gasteiger charge is 2.11. The molecule has 0 saturated heterocycles. The van der Waals surface area contributed by atoms with E-state index in [-0.39, 0.29) is 0 Å². The van der Waals surface area contributed by atoms with Crippen LogP contribution in [0, 0.1) is 6.92 Å². The molecule has 3 aromatic rings. The van der Waals surface area contributed by atoms with Gasteiger partial charge in [-0.05, 0) is 13.8 Å². The molecule has 2 aromatic heterocycles. The van der Waals surface area contributed by atoms with Crippen LogP contribution in [-0.4, -0.2) is 19.7 Å². The molecule has 3 rings (SSSR count). The average molecular weight is 345 g/mol. The molecule has 6 heteroatoms. The molecular weight excluding hydrogens is 324 g/mol. The highest BCUT2D eigenvalue weighted by atomic mass is 32.2. The van der Waals surface area contributed by atoms with Crippen LogP contribution in [0.4, 0.5) is 0 Å². The number of thioether (sulfide) groups is 1. The summed E-state index contributed by atoms with van der Waals surface area (Å²) in [7, 11) is 0.